The van der Waals surface area contributed by atoms with Crippen molar-refractivity contribution in [3.63, 3.8) is 0 Å². The Morgan fingerprint density at radius 2 is 2.00 bits per heavy atom. The molecule has 1 aromatic carbocycles. The van der Waals surface area contributed by atoms with Gasteiger partial charge in [-0.1, -0.05) is 30.7 Å². The molecule has 1 aromatic rings. The molecule has 0 bridgehead atoms. The third kappa shape index (κ3) is 1.90. The van der Waals surface area contributed by atoms with E-state index in [1.54, 1.807) is 0 Å². The van der Waals surface area contributed by atoms with Crippen LogP contribution in [0.2, 0.25) is 0 Å². The van der Waals surface area contributed by atoms with Gasteiger partial charge in [0.2, 0.25) is 0 Å². The van der Waals surface area contributed by atoms with Crippen molar-refractivity contribution in [3.05, 3.63) is 35.4 Å². The highest BCUT2D eigenvalue weighted by atomic mass is 14.9. The van der Waals surface area contributed by atoms with Gasteiger partial charge in [0.25, 0.3) is 0 Å². The molecule has 1 saturated carbocycles. The smallest absolute Gasteiger partial charge is 0.00755 e. The molecule has 1 aliphatic carbocycles. The zero-order chi connectivity index (χ0) is 11.7. The number of benzene rings is 1. The van der Waals surface area contributed by atoms with Gasteiger partial charge in [-0.15, -0.1) is 0 Å². The lowest BCUT2D eigenvalue weighted by Crippen LogP contribution is -2.41. The zero-order valence-corrected chi connectivity index (χ0v) is 10.4. The summed E-state index contributed by atoms with van der Waals surface area (Å²) in [5.41, 5.74) is 9.21. The van der Waals surface area contributed by atoms with E-state index in [2.05, 4.69) is 29.6 Å². The topological polar surface area (TPSA) is 38.0 Å². The summed E-state index contributed by atoms with van der Waals surface area (Å²) < 4.78 is 0. The van der Waals surface area contributed by atoms with Crippen LogP contribution in [0.4, 0.5) is 0 Å². The fourth-order valence-electron chi connectivity index (χ4n) is 3.26. The molecule has 3 N–H and O–H groups in total. The van der Waals surface area contributed by atoms with Gasteiger partial charge in [0.15, 0.2) is 0 Å². The second-order valence-corrected chi connectivity index (χ2v) is 5.65. The van der Waals surface area contributed by atoms with E-state index in [-0.39, 0.29) is 0 Å². The molecule has 2 nitrogen and oxygen atoms in total. The van der Waals surface area contributed by atoms with Crippen molar-refractivity contribution in [2.75, 3.05) is 19.6 Å². The number of nitrogens with two attached hydrogens (primary N) is 1. The van der Waals surface area contributed by atoms with Crippen molar-refractivity contribution >= 4 is 0 Å². The average molecular weight is 230 g/mol. The maximum Gasteiger partial charge on any atom is 0.00755 e. The van der Waals surface area contributed by atoms with Crippen LogP contribution in [-0.4, -0.2) is 19.6 Å². The van der Waals surface area contributed by atoms with E-state index in [4.69, 9.17) is 5.73 Å². The van der Waals surface area contributed by atoms with Crippen LogP contribution < -0.4 is 11.1 Å². The summed E-state index contributed by atoms with van der Waals surface area (Å²) in [6.07, 6.45) is 5.16. The Bertz CT molecular complexity index is 367. The first-order chi connectivity index (χ1) is 8.34. The van der Waals surface area contributed by atoms with Crippen LogP contribution in [0.15, 0.2) is 24.3 Å². The van der Waals surface area contributed by atoms with E-state index in [1.807, 2.05) is 0 Å². The molecule has 92 valence electrons. The average Bonchev–Trinajstić information content (AvgIpc) is 2.83. The van der Waals surface area contributed by atoms with Crippen LogP contribution in [-0.2, 0) is 5.41 Å². The molecule has 1 unspecified atom stereocenters. The lowest BCUT2D eigenvalue weighted by Gasteiger charge is -2.41. The number of rotatable bonds is 3. The summed E-state index contributed by atoms with van der Waals surface area (Å²) in [7, 11) is 0. The van der Waals surface area contributed by atoms with E-state index in [0.29, 0.717) is 5.41 Å². The maximum atomic E-state index is 5.95. The zero-order valence-electron chi connectivity index (χ0n) is 10.4. The molecule has 3 rings (SSSR count). The second-order valence-electron chi connectivity index (χ2n) is 5.65. The summed E-state index contributed by atoms with van der Waals surface area (Å²) in [5, 5.41) is 3.43. The quantitative estimate of drug-likeness (QED) is 0.835. The molecule has 1 heterocycles. The predicted octanol–water partition coefficient (Wildman–Crippen LogP) is 2.14. The predicted molar refractivity (Wildman–Crippen MR) is 71.3 cm³/mol. The van der Waals surface area contributed by atoms with Crippen LogP contribution in [0.3, 0.4) is 0 Å². The molecule has 17 heavy (non-hydrogen) atoms. The van der Waals surface area contributed by atoms with Gasteiger partial charge in [-0.05, 0) is 42.9 Å². The summed E-state index contributed by atoms with van der Waals surface area (Å²) >= 11 is 0. The van der Waals surface area contributed by atoms with Crippen molar-refractivity contribution in [1.29, 1.82) is 0 Å². The van der Waals surface area contributed by atoms with Gasteiger partial charge in [-0.3, -0.25) is 0 Å². The highest BCUT2D eigenvalue weighted by Crippen LogP contribution is 2.43. The van der Waals surface area contributed by atoms with Crippen LogP contribution in [0.1, 0.15) is 42.7 Å². The molecule has 1 saturated heterocycles. The van der Waals surface area contributed by atoms with E-state index in [1.165, 1.54) is 43.4 Å². The summed E-state index contributed by atoms with van der Waals surface area (Å²) in [5.74, 6) is 0.722. The Hall–Kier alpha value is -0.860. The van der Waals surface area contributed by atoms with Crippen LogP contribution in [0, 0.1) is 0 Å². The SMILES string of the molecule is NCC1(c2ccc(C3CCNC3)cc2)CCC1. The molecular weight excluding hydrogens is 208 g/mol. The van der Waals surface area contributed by atoms with Gasteiger partial charge in [0.1, 0.15) is 0 Å². The maximum absolute atomic E-state index is 5.95. The Balaban J connectivity index is 1.79. The van der Waals surface area contributed by atoms with E-state index in [9.17, 15) is 0 Å². The molecular formula is C15H22N2. The molecule has 0 amide bonds. The summed E-state index contributed by atoms with van der Waals surface area (Å²) in [6, 6.07) is 9.28. The van der Waals surface area contributed by atoms with Crippen LogP contribution in [0.25, 0.3) is 0 Å². The van der Waals surface area contributed by atoms with Crippen molar-refractivity contribution in [2.45, 2.75) is 37.0 Å². The Labute approximate surface area is 104 Å². The fourth-order valence-corrected chi connectivity index (χ4v) is 3.26. The number of hydrogen-bond acceptors (Lipinski definition) is 2. The minimum absolute atomic E-state index is 0.312. The lowest BCUT2D eigenvalue weighted by atomic mass is 9.64. The Morgan fingerprint density at radius 1 is 1.24 bits per heavy atom. The van der Waals surface area contributed by atoms with Crippen LogP contribution in [0.5, 0.6) is 0 Å². The van der Waals surface area contributed by atoms with Gasteiger partial charge in [0.05, 0.1) is 0 Å². The molecule has 1 atom stereocenters. The Morgan fingerprint density at radius 3 is 2.47 bits per heavy atom. The molecule has 2 fully saturated rings. The normalized spacial score (nSPS) is 26.8. The monoisotopic (exact) mass is 230 g/mol. The minimum Gasteiger partial charge on any atom is -0.330 e. The van der Waals surface area contributed by atoms with Crippen molar-refractivity contribution in [2.24, 2.45) is 5.73 Å². The standard InChI is InChI=1S/C15H22N2/c16-11-15(7-1-8-15)14-4-2-12(3-5-14)13-6-9-17-10-13/h2-5,13,17H,1,6-11,16H2. The number of nitrogens with one attached hydrogen (secondary N) is 1. The van der Waals surface area contributed by atoms with Gasteiger partial charge in [0, 0.05) is 18.5 Å². The highest BCUT2D eigenvalue weighted by Gasteiger charge is 2.37. The van der Waals surface area contributed by atoms with Crippen molar-refractivity contribution < 1.29 is 0 Å². The van der Waals surface area contributed by atoms with Crippen molar-refractivity contribution in [1.82, 2.24) is 5.32 Å². The highest BCUT2D eigenvalue weighted by molar-refractivity contribution is 5.33. The molecule has 0 aromatic heterocycles. The van der Waals surface area contributed by atoms with E-state index < -0.39 is 0 Å². The summed E-state index contributed by atoms with van der Waals surface area (Å²) in [4.78, 5) is 0. The first kappa shape index (κ1) is 11.2. The van der Waals surface area contributed by atoms with Crippen molar-refractivity contribution in [3.8, 4) is 0 Å². The molecule has 0 spiro atoms. The van der Waals surface area contributed by atoms with Gasteiger partial charge in [-0.25, -0.2) is 0 Å². The van der Waals surface area contributed by atoms with Gasteiger partial charge >= 0.3 is 0 Å². The van der Waals surface area contributed by atoms with E-state index >= 15 is 0 Å². The fraction of sp³-hybridized carbons (Fsp3) is 0.600. The number of hydrogen-bond donors (Lipinski definition) is 2. The lowest BCUT2D eigenvalue weighted by molar-refractivity contribution is 0.253. The molecule has 2 aliphatic rings. The molecule has 2 heteroatoms. The minimum atomic E-state index is 0.312. The third-order valence-corrected chi connectivity index (χ3v) is 4.76. The first-order valence-corrected chi connectivity index (χ1v) is 6.85. The van der Waals surface area contributed by atoms with Gasteiger partial charge in [-0.2, -0.15) is 0 Å². The van der Waals surface area contributed by atoms with E-state index in [0.717, 1.165) is 19.0 Å². The molecule has 1 aliphatic heterocycles. The second kappa shape index (κ2) is 4.43. The largest absolute Gasteiger partial charge is 0.330 e. The summed E-state index contributed by atoms with van der Waals surface area (Å²) in [6.45, 7) is 3.11. The Kier molecular flexibility index (Phi) is 2.93. The van der Waals surface area contributed by atoms with Crippen LogP contribution >= 0.6 is 0 Å². The first-order valence-electron chi connectivity index (χ1n) is 6.85. The molecule has 0 radical (unpaired) electrons. The third-order valence-electron chi connectivity index (χ3n) is 4.76. The van der Waals surface area contributed by atoms with Gasteiger partial charge < -0.3 is 11.1 Å².